The highest BCUT2D eigenvalue weighted by molar-refractivity contribution is 5.45. The van der Waals surface area contributed by atoms with Gasteiger partial charge < -0.3 is 14.8 Å². The Bertz CT molecular complexity index is 454. The third kappa shape index (κ3) is 2.71. The molecule has 104 valence electrons. The van der Waals surface area contributed by atoms with Crippen molar-refractivity contribution in [2.75, 3.05) is 13.3 Å². The van der Waals surface area contributed by atoms with Crippen LogP contribution in [0.2, 0.25) is 0 Å². The zero-order chi connectivity index (χ0) is 13.3. The molecule has 0 spiro atoms. The van der Waals surface area contributed by atoms with Crippen molar-refractivity contribution in [3.63, 3.8) is 0 Å². The minimum absolute atomic E-state index is 0.347. The van der Waals surface area contributed by atoms with Crippen molar-refractivity contribution in [1.29, 1.82) is 0 Å². The molecule has 0 amide bonds. The second-order valence-corrected chi connectivity index (χ2v) is 5.97. The maximum absolute atomic E-state index is 5.44. The third-order valence-electron chi connectivity index (χ3n) is 4.42. The summed E-state index contributed by atoms with van der Waals surface area (Å²) in [5.41, 5.74) is 1.87. The van der Waals surface area contributed by atoms with Crippen molar-refractivity contribution in [2.24, 2.45) is 5.41 Å². The quantitative estimate of drug-likeness (QED) is 0.848. The maximum atomic E-state index is 5.44. The van der Waals surface area contributed by atoms with Gasteiger partial charge in [0.2, 0.25) is 6.79 Å². The van der Waals surface area contributed by atoms with Crippen LogP contribution in [0.1, 0.15) is 51.1 Å². The Morgan fingerprint density at radius 1 is 1.26 bits per heavy atom. The van der Waals surface area contributed by atoms with E-state index in [1.165, 1.54) is 31.2 Å². The molecule has 3 nitrogen and oxygen atoms in total. The lowest BCUT2D eigenvalue weighted by molar-refractivity contribution is 0.174. The molecule has 1 unspecified atom stereocenters. The van der Waals surface area contributed by atoms with Gasteiger partial charge in [-0.2, -0.15) is 0 Å². The van der Waals surface area contributed by atoms with Crippen molar-refractivity contribution in [1.82, 2.24) is 5.32 Å². The van der Waals surface area contributed by atoms with Gasteiger partial charge in [-0.3, -0.25) is 0 Å². The van der Waals surface area contributed by atoms with E-state index in [4.69, 9.17) is 9.47 Å². The van der Waals surface area contributed by atoms with E-state index >= 15 is 0 Å². The molecule has 1 aliphatic heterocycles. The third-order valence-corrected chi connectivity index (χ3v) is 4.42. The van der Waals surface area contributed by atoms with Crippen LogP contribution in [0.4, 0.5) is 0 Å². The normalized spacial score (nSPS) is 20.3. The molecule has 2 aliphatic rings. The predicted molar refractivity (Wildman–Crippen MR) is 75.6 cm³/mol. The van der Waals surface area contributed by atoms with Crippen molar-refractivity contribution >= 4 is 0 Å². The maximum Gasteiger partial charge on any atom is 0.231 e. The van der Waals surface area contributed by atoms with E-state index in [-0.39, 0.29) is 0 Å². The van der Waals surface area contributed by atoms with Crippen LogP contribution >= 0.6 is 0 Å². The minimum Gasteiger partial charge on any atom is -0.454 e. The number of hydrogen-bond acceptors (Lipinski definition) is 3. The lowest BCUT2D eigenvalue weighted by atomic mass is 9.99. The first-order valence-electron chi connectivity index (χ1n) is 7.35. The number of rotatable bonds is 6. The second kappa shape index (κ2) is 5.04. The van der Waals surface area contributed by atoms with Crippen LogP contribution in [-0.2, 0) is 0 Å². The Hall–Kier alpha value is -1.22. The summed E-state index contributed by atoms with van der Waals surface area (Å²) in [6, 6.07) is 6.60. The molecule has 1 saturated carbocycles. The van der Waals surface area contributed by atoms with Gasteiger partial charge in [0.1, 0.15) is 0 Å². The Morgan fingerprint density at radius 3 is 2.79 bits per heavy atom. The number of nitrogens with one attached hydrogen (secondary N) is 1. The lowest BCUT2D eigenvalue weighted by Gasteiger charge is -2.20. The summed E-state index contributed by atoms with van der Waals surface area (Å²) in [4.78, 5) is 0. The minimum atomic E-state index is 0.347. The molecular formula is C16H23NO2. The molecule has 0 aromatic heterocycles. The molecule has 1 atom stereocenters. The molecule has 1 aliphatic carbocycles. The van der Waals surface area contributed by atoms with Crippen LogP contribution in [0.3, 0.4) is 0 Å². The van der Waals surface area contributed by atoms with Gasteiger partial charge >= 0.3 is 0 Å². The molecule has 1 N–H and O–H groups in total. The number of hydrogen-bond donors (Lipinski definition) is 1. The van der Waals surface area contributed by atoms with E-state index in [0.29, 0.717) is 18.2 Å². The first-order chi connectivity index (χ1) is 9.22. The summed E-state index contributed by atoms with van der Waals surface area (Å²) in [7, 11) is 0. The van der Waals surface area contributed by atoms with Gasteiger partial charge in [0, 0.05) is 12.6 Å². The molecular weight excluding hydrogens is 238 g/mol. The summed E-state index contributed by atoms with van der Waals surface area (Å²) < 4.78 is 10.8. The Balaban J connectivity index is 1.59. The average Bonchev–Trinajstić information content (AvgIpc) is 3.02. The topological polar surface area (TPSA) is 30.5 Å². The fourth-order valence-corrected chi connectivity index (χ4v) is 2.89. The molecule has 0 bridgehead atoms. The Labute approximate surface area is 115 Å². The molecule has 3 rings (SSSR count). The average molecular weight is 261 g/mol. The molecule has 1 heterocycles. The van der Waals surface area contributed by atoms with E-state index in [2.05, 4.69) is 31.3 Å². The van der Waals surface area contributed by atoms with E-state index < -0.39 is 0 Å². The van der Waals surface area contributed by atoms with Gasteiger partial charge in [-0.1, -0.05) is 19.4 Å². The van der Waals surface area contributed by atoms with Crippen molar-refractivity contribution in [3.8, 4) is 11.5 Å². The summed E-state index contributed by atoms with van der Waals surface area (Å²) in [5.74, 6) is 1.74. The SMILES string of the molecule is CCCC1(CNC(C)c2ccc3c(c2)OCO3)CC1. The molecule has 0 radical (unpaired) electrons. The molecule has 19 heavy (non-hydrogen) atoms. The van der Waals surface area contributed by atoms with E-state index in [1.807, 2.05) is 6.07 Å². The second-order valence-electron chi connectivity index (χ2n) is 5.97. The Kier molecular flexibility index (Phi) is 3.40. The van der Waals surface area contributed by atoms with Crippen LogP contribution in [0, 0.1) is 5.41 Å². The monoisotopic (exact) mass is 261 g/mol. The van der Waals surface area contributed by atoms with Gasteiger partial charge in [-0.05, 0) is 49.3 Å². The molecule has 0 saturated heterocycles. The zero-order valence-corrected chi connectivity index (χ0v) is 11.9. The van der Waals surface area contributed by atoms with Crippen LogP contribution in [-0.4, -0.2) is 13.3 Å². The van der Waals surface area contributed by atoms with Crippen LogP contribution < -0.4 is 14.8 Å². The zero-order valence-electron chi connectivity index (χ0n) is 11.9. The largest absolute Gasteiger partial charge is 0.454 e. The van der Waals surface area contributed by atoms with Gasteiger partial charge in [0.25, 0.3) is 0 Å². The van der Waals surface area contributed by atoms with Crippen LogP contribution in [0.15, 0.2) is 18.2 Å². The highest BCUT2D eigenvalue weighted by Crippen LogP contribution is 2.49. The molecule has 1 aromatic carbocycles. The number of ether oxygens (including phenoxy) is 2. The standard InChI is InChI=1S/C16H23NO2/c1-3-6-16(7-8-16)10-17-12(2)13-4-5-14-15(9-13)19-11-18-14/h4-5,9,12,17H,3,6-8,10-11H2,1-2H3. The van der Waals surface area contributed by atoms with Gasteiger partial charge in [-0.25, -0.2) is 0 Å². The first kappa shape index (κ1) is 12.8. The fraction of sp³-hybridized carbons (Fsp3) is 0.625. The van der Waals surface area contributed by atoms with E-state index in [0.717, 1.165) is 18.0 Å². The first-order valence-corrected chi connectivity index (χ1v) is 7.35. The van der Waals surface area contributed by atoms with E-state index in [9.17, 15) is 0 Å². The van der Waals surface area contributed by atoms with E-state index in [1.54, 1.807) is 0 Å². The summed E-state index contributed by atoms with van der Waals surface area (Å²) in [6.07, 6.45) is 5.43. The predicted octanol–water partition coefficient (Wildman–Crippen LogP) is 3.65. The van der Waals surface area contributed by atoms with Gasteiger partial charge in [0.05, 0.1) is 0 Å². The molecule has 1 aromatic rings. The van der Waals surface area contributed by atoms with Crippen LogP contribution in [0.5, 0.6) is 11.5 Å². The van der Waals surface area contributed by atoms with Gasteiger partial charge in [0.15, 0.2) is 11.5 Å². The summed E-state index contributed by atoms with van der Waals surface area (Å²) >= 11 is 0. The summed E-state index contributed by atoms with van der Waals surface area (Å²) in [5, 5.41) is 3.68. The Morgan fingerprint density at radius 2 is 2.05 bits per heavy atom. The number of benzene rings is 1. The summed E-state index contributed by atoms with van der Waals surface area (Å²) in [6.45, 7) is 5.98. The highest BCUT2D eigenvalue weighted by atomic mass is 16.7. The molecule has 1 fully saturated rings. The number of fused-ring (bicyclic) bond motifs is 1. The smallest absolute Gasteiger partial charge is 0.231 e. The molecule has 3 heteroatoms. The fourth-order valence-electron chi connectivity index (χ4n) is 2.89. The van der Waals surface area contributed by atoms with Crippen LogP contribution in [0.25, 0.3) is 0 Å². The highest BCUT2D eigenvalue weighted by Gasteiger charge is 2.41. The van der Waals surface area contributed by atoms with Crippen molar-refractivity contribution in [2.45, 2.75) is 45.6 Å². The van der Waals surface area contributed by atoms with Gasteiger partial charge in [-0.15, -0.1) is 0 Å². The van der Waals surface area contributed by atoms with Crippen molar-refractivity contribution in [3.05, 3.63) is 23.8 Å². The lowest BCUT2D eigenvalue weighted by Crippen LogP contribution is -2.26. The van der Waals surface area contributed by atoms with Crippen molar-refractivity contribution < 1.29 is 9.47 Å².